The summed E-state index contributed by atoms with van der Waals surface area (Å²) < 4.78 is 43.8. The minimum absolute atomic E-state index is 0.0629. The topological polar surface area (TPSA) is 59.1 Å². The number of carbonyl (C=O) groups is 1. The van der Waals surface area contributed by atoms with Crippen LogP contribution < -0.4 is 5.32 Å². The van der Waals surface area contributed by atoms with Crippen molar-refractivity contribution in [3.63, 3.8) is 0 Å². The number of carbonyl (C=O) groups excluding carboxylic acids is 1. The number of hydrogen-bond acceptors (Lipinski definition) is 5. The van der Waals surface area contributed by atoms with Gasteiger partial charge in [0.1, 0.15) is 11.4 Å². The molecule has 6 nitrogen and oxygen atoms in total. The fourth-order valence-corrected chi connectivity index (χ4v) is 6.25. The highest BCUT2D eigenvalue weighted by Crippen LogP contribution is 2.32. The van der Waals surface area contributed by atoms with Crippen molar-refractivity contribution in [2.75, 3.05) is 51.1 Å². The number of nitrogens with zero attached hydrogens (tertiary/aromatic N) is 3. The number of aliphatic hydroxyl groups is 1. The Morgan fingerprint density at radius 1 is 1.00 bits per heavy atom. The van der Waals surface area contributed by atoms with Gasteiger partial charge in [0.2, 0.25) is 0 Å². The van der Waals surface area contributed by atoms with E-state index in [0.717, 1.165) is 32.0 Å². The molecule has 3 heterocycles. The average molecular weight is 628 g/mol. The molecule has 0 aliphatic carbocycles. The van der Waals surface area contributed by atoms with Gasteiger partial charge in [-0.3, -0.25) is 4.79 Å². The number of rotatable bonds is 6. The molecule has 3 saturated heterocycles. The van der Waals surface area contributed by atoms with E-state index in [-0.39, 0.29) is 24.3 Å². The molecule has 0 aromatic heterocycles. The quantitative estimate of drug-likeness (QED) is 0.459. The van der Waals surface area contributed by atoms with Gasteiger partial charge in [0.05, 0.1) is 30.0 Å². The Morgan fingerprint density at radius 3 is 2.38 bits per heavy atom. The van der Waals surface area contributed by atoms with Crippen molar-refractivity contribution in [2.45, 2.75) is 43.7 Å². The predicted molar refractivity (Wildman–Crippen MR) is 144 cm³/mol. The Balaban J connectivity index is 1.20. The predicted octanol–water partition coefficient (Wildman–Crippen LogP) is 4.59. The van der Waals surface area contributed by atoms with E-state index in [2.05, 4.69) is 15.1 Å². The summed E-state index contributed by atoms with van der Waals surface area (Å²) in [4.78, 5) is 19.5. The van der Waals surface area contributed by atoms with E-state index < -0.39 is 34.6 Å². The highest BCUT2D eigenvalue weighted by molar-refractivity contribution is 14.1. The maximum Gasteiger partial charge on any atom is 0.256 e. The summed E-state index contributed by atoms with van der Waals surface area (Å²) in [6.45, 7) is 4.88. The van der Waals surface area contributed by atoms with Gasteiger partial charge < -0.3 is 25.1 Å². The Bertz CT molecular complexity index is 1150. The molecule has 37 heavy (non-hydrogen) atoms. The van der Waals surface area contributed by atoms with Crippen LogP contribution in [0.3, 0.4) is 0 Å². The SMILES string of the molecule is O=C(c1ccc(F)c(F)c1Nc1ccc(I)cc1F)N1CC(O)(CN2CCC(N3CCCCC3)CC2)C1. The lowest BCUT2D eigenvalue weighted by Gasteiger charge is -2.50. The van der Waals surface area contributed by atoms with Gasteiger partial charge >= 0.3 is 0 Å². The molecular weight excluding hydrogens is 596 g/mol. The van der Waals surface area contributed by atoms with E-state index in [0.29, 0.717) is 16.2 Å². The summed E-state index contributed by atoms with van der Waals surface area (Å²) in [5.74, 6) is -3.58. The van der Waals surface area contributed by atoms with Crippen molar-refractivity contribution in [3.05, 3.63) is 56.9 Å². The Morgan fingerprint density at radius 2 is 1.70 bits per heavy atom. The molecule has 200 valence electrons. The lowest BCUT2D eigenvalue weighted by molar-refractivity contribution is -0.101. The van der Waals surface area contributed by atoms with Crippen LogP contribution in [0, 0.1) is 21.0 Å². The zero-order chi connectivity index (χ0) is 26.2. The van der Waals surface area contributed by atoms with Gasteiger partial charge in [-0.15, -0.1) is 0 Å². The summed E-state index contributed by atoms with van der Waals surface area (Å²) in [5, 5.41) is 13.6. The monoisotopic (exact) mass is 628 g/mol. The number of piperidine rings is 2. The highest BCUT2D eigenvalue weighted by Gasteiger charge is 2.46. The normalized spacial score (nSPS) is 21.1. The first kappa shape index (κ1) is 26.7. The van der Waals surface area contributed by atoms with Crippen LogP contribution in [0.25, 0.3) is 0 Å². The number of halogens is 4. The first-order chi connectivity index (χ1) is 17.7. The second-order valence-corrected chi connectivity index (χ2v) is 11.8. The molecule has 3 fully saturated rings. The van der Waals surface area contributed by atoms with Crippen LogP contribution >= 0.6 is 22.6 Å². The molecule has 0 spiro atoms. The number of benzene rings is 2. The molecule has 1 amide bonds. The van der Waals surface area contributed by atoms with Crippen LogP contribution in [0.4, 0.5) is 24.5 Å². The van der Waals surface area contributed by atoms with E-state index in [4.69, 9.17) is 0 Å². The van der Waals surface area contributed by atoms with Gasteiger partial charge in [0.25, 0.3) is 5.91 Å². The number of hydrogen-bond donors (Lipinski definition) is 2. The molecule has 3 aliphatic heterocycles. The summed E-state index contributed by atoms with van der Waals surface area (Å²) in [7, 11) is 0. The van der Waals surface area contributed by atoms with Gasteiger partial charge in [-0.1, -0.05) is 6.42 Å². The van der Waals surface area contributed by atoms with Gasteiger partial charge in [-0.05, 0) is 105 Å². The van der Waals surface area contributed by atoms with E-state index in [9.17, 15) is 23.1 Å². The van der Waals surface area contributed by atoms with Crippen LogP contribution in [0.2, 0.25) is 0 Å². The fraction of sp³-hybridized carbons (Fsp3) is 0.519. The fourth-order valence-electron chi connectivity index (χ4n) is 5.80. The molecule has 10 heteroatoms. The maximum atomic E-state index is 14.7. The molecule has 0 saturated carbocycles. The molecule has 0 atom stereocenters. The van der Waals surface area contributed by atoms with E-state index >= 15 is 0 Å². The van der Waals surface area contributed by atoms with Crippen LogP contribution in [-0.2, 0) is 0 Å². The molecule has 2 aromatic carbocycles. The number of β-amino-alcohol motifs (C(OH)–C–C–N with tert-alkyl or cyclic N) is 1. The van der Waals surface area contributed by atoms with Crippen LogP contribution in [0.1, 0.15) is 42.5 Å². The average Bonchev–Trinajstić information content (AvgIpc) is 2.87. The first-order valence-corrected chi connectivity index (χ1v) is 14.0. The van der Waals surface area contributed by atoms with Crippen LogP contribution in [-0.4, -0.2) is 83.2 Å². The third-order valence-electron chi connectivity index (χ3n) is 7.76. The van der Waals surface area contributed by atoms with Gasteiger partial charge in [0.15, 0.2) is 11.6 Å². The molecule has 5 rings (SSSR count). The van der Waals surface area contributed by atoms with Gasteiger partial charge in [-0.25, -0.2) is 13.2 Å². The molecule has 2 aromatic rings. The first-order valence-electron chi connectivity index (χ1n) is 12.9. The molecule has 0 radical (unpaired) electrons. The number of nitrogens with one attached hydrogen (secondary N) is 1. The van der Waals surface area contributed by atoms with Gasteiger partial charge in [0, 0.05) is 16.2 Å². The minimum atomic E-state index is -1.25. The highest BCUT2D eigenvalue weighted by atomic mass is 127. The number of anilines is 2. The van der Waals surface area contributed by atoms with Crippen LogP contribution in [0.5, 0.6) is 0 Å². The Kier molecular flexibility index (Phi) is 7.99. The summed E-state index contributed by atoms with van der Waals surface area (Å²) >= 11 is 1.95. The number of amides is 1. The smallest absolute Gasteiger partial charge is 0.256 e. The van der Waals surface area contributed by atoms with Crippen molar-refractivity contribution >= 4 is 39.9 Å². The van der Waals surface area contributed by atoms with E-state index in [1.54, 1.807) is 6.07 Å². The van der Waals surface area contributed by atoms with Gasteiger partial charge in [-0.2, -0.15) is 0 Å². The molecular formula is C27H32F3IN4O2. The summed E-state index contributed by atoms with van der Waals surface area (Å²) in [5.41, 5.74) is -1.63. The molecule has 3 aliphatic rings. The van der Waals surface area contributed by atoms with Crippen molar-refractivity contribution in [2.24, 2.45) is 0 Å². The standard InChI is InChI=1S/C27H32F3IN4O2/c28-21-6-5-20(25(24(21)30)32-23-7-4-18(31)14-22(23)29)26(36)35-16-27(37,17-35)15-33-12-8-19(9-13-33)34-10-2-1-3-11-34/h4-7,14,19,32,37H,1-3,8-13,15-17H2. The van der Waals surface area contributed by atoms with Crippen molar-refractivity contribution in [1.82, 2.24) is 14.7 Å². The zero-order valence-electron chi connectivity index (χ0n) is 20.7. The lowest BCUT2D eigenvalue weighted by atomic mass is 9.90. The van der Waals surface area contributed by atoms with Crippen molar-refractivity contribution < 1.29 is 23.1 Å². The van der Waals surface area contributed by atoms with E-state index in [1.165, 1.54) is 55.5 Å². The molecule has 0 bridgehead atoms. The minimum Gasteiger partial charge on any atom is -0.385 e. The third kappa shape index (κ3) is 5.91. The van der Waals surface area contributed by atoms with Crippen molar-refractivity contribution in [3.8, 4) is 0 Å². The lowest BCUT2D eigenvalue weighted by Crippen LogP contribution is -2.68. The largest absolute Gasteiger partial charge is 0.385 e. The third-order valence-corrected chi connectivity index (χ3v) is 8.43. The summed E-state index contributed by atoms with van der Waals surface area (Å²) in [6, 6.07) is 6.98. The summed E-state index contributed by atoms with van der Waals surface area (Å²) in [6.07, 6.45) is 6.04. The molecule has 2 N–H and O–H groups in total. The Hall–Kier alpha value is -1.89. The van der Waals surface area contributed by atoms with E-state index in [1.807, 2.05) is 22.6 Å². The second kappa shape index (κ2) is 11.1. The molecule has 0 unspecified atom stereocenters. The number of likely N-dealkylation sites (tertiary alicyclic amines) is 3. The maximum absolute atomic E-state index is 14.7. The second-order valence-electron chi connectivity index (χ2n) is 10.5. The zero-order valence-corrected chi connectivity index (χ0v) is 22.8. The Labute approximate surface area is 228 Å². The van der Waals surface area contributed by atoms with Crippen molar-refractivity contribution in [1.29, 1.82) is 0 Å². The van der Waals surface area contributed by atoms with Crippen LogP contribution in [0.15, 0.2) is 30.3 Å².